The smallest absolute Gasteiger partial charge is 0.115 e. The number of aromatic nitrogens is 2. The molecule has 0 aliphatic carbocycles. The van der Waals surface area contributed by atoms with Gasteiger partial charge in [-0.05, 0) is 42.3 Å². The fraction of sp³-hybridized carbons (Fsp3) is 0.133. The molecule has 96 valence electrons. The Bertz CT molecular complexity index is 749. The standard InChI is InChI=1S/C15H13BrN2O/c1-9-5-11(16)8-13-15(9)18-14(17-13)7-10-3-2-4-12(19)6-10/h2-6,8,19H,7H2,1H3,(H,17,18). The van der Waals surface area contributed by atoms with Crippen molar-refractivity contribution >= 4 is 27.0 Å². The van der Waals surface area contributed by atoms with Gasteiger partial charge in [-0.1, -0.05) is 28.1 Å². The van der Waals surface area contributed by atoms with Gasteiger partial charge in [0.25, 0.3) is 0 Å². The Hall–Kier alpha value is -1.81. The zero-order valence-electron chi connectivity index (χ0n) is 10.4. The van der Waals surface area contributed by atoms with Crippen LogP contribution in [0.15, 0.2) is 40.9 Å². The number of benzene rings is 2. The van der Waals surface area contributed by atoms with Crippen molar-refractivity contribution < 1.29 is 5.11 Å². The van der Waals surface area contributed by atoms with Crippen LogP contribution in [0.3, 0.4) is 0 Å². The van der Waals surface area contributed by atoms with Crippen LogP contribution in [0.25, 0.3) is 11.0 Å². The monoisotopic (exact) mass is 316 g/mol. The summed E-state index contributed by atoms with van der Waals surface area (Å²) in [6.45, 7) is 2.05. The van der Waals surface area contributed by atoms with Gasteiger partial charge in [-0.2, -0.15) is 0 Å². The maximum atomic E-state index is 9.47. The summed E-state index contributed by atoms with van der Waals surface area (Å²) < 4.78 is 1.05. The number of nitrogens with zero attached hydrogens (tertiary/aromatic N) is 1. The quantitative estimate of drug-likeness (QED) is 0.752. The summed E-state index contributed by atoms with van der Waals surface area (Å²) in [6.07, 6.45) is 0.681. The molecule has 0 spiro atoms. The molecule has 0 aliphatic heterocycles. The minimum absolute atomic E-state index is 0.285. The SMILES string of the molecule is Cc1cc(Br)cc2[nH]c(Cc3cccc(O)c3)nc12. The zero-order valence-corrected chi connectivity index (χ0v) is 12.0. The molecule has 0 atom stereocenters. The number of H-pyrrole nitrogens is 1. The molecule has 1 aromatic heterocycles. The van der Waals surface area contributed by atoms with E-state index in [1.165, 1.54) is 0 Å². The third-order valence-corrected chi connectivity index (χ3v) is 3.53. The predicted molar refractivity (Wildman–Crippen MR) is 79.4 cm³/mol. The Morgan fingerprint density at radius 2 is 2.11 bits per heavy atom. The average Bonchev–Trinajstić information content (AvgIpc) is 2.71. The van der Waals surface area contributed by atoms with Gasteiger partial charge in [-0.15, -0.1) is 0 Å². The van der Waals surface area contributed by atoms with Crippen LogP contribution >= 0.6 is 15.9 Å². The number of halogens is 1. The van der Waals surface area contributed by atoms with Gasteiger partial charge in [0, 0.05) is 10.9 Å². The summed E-state index contributed by atoms with van der Waals surface area (Å²) in [5.74, 6) is 1.19. The molecule has 2 N–H and O–H groups in total. The molecule has 3 aromatic rings. The molecular weight excluding hydrogens is 304 g/mol. The van der Waals surface area contributed by atoms with Crippen molar-refractivity contribution in [1.29, 1.82) is 0 Å². The third kappa shape index (κ3) is 2.49. The van der Waals surface area contributed by atoms with E-state index in [1.807, 2.05) is 25.1 Å². The number of aryl methyl sites for hydroxylation is 1. The number of hydrogen-bond donors (Lipinski definition) is 2. The Morgan fingerprint density at radius 3 is 2.89 bits per heavy atom. The van der Waals surface area contributed by atoms with Crippen molar-refractivity contribution in [3.63, 3.8) is 0 Å². The highest BCUT2D eigenvalue weighted by molar-refractivity contribution is 9.10. The largest absolute Gasteiger partial charge is 0.508 e. The lowest BCUT2D eigenvalue weighted by atomic mass is 10.1. The van der Waals surface area contributed by atoms with Gasteiger partial charge in [0.05, 0.1) is 11.0 Å². The fourth-order valence-electron chi connectivity index (χ4n) is 2.24. The maximum absolute atomic E-state index is 9.47. The summed E-state index contributed by atoms with van der Waals surface area (Å²) >= 11 is 3.49. The molecule has 0 unspecified atom stereocenters. The van der Waals surface area contributed by atoms with Crippen LogP contribution in [0.5, 0.6) is 5.75 Å². The lowest BCUT2D eigenvalue weighted by Gasteiger charge is -1.98. The topological polar surface area (TPSA) is 48.9 Å². The second-order valence-corrected chi connectivity index (χ2v) is 5.56. The molecule has 1 heterocycles. The summed E-state index contributed by atoms with van der Waals surface area (Å²) in [7, 11) is 0. The van der Waals surface area contributed by atoms with E-state index in [4.69, 9.17) is 0 Å². The first-order valence-electron chi connectivity index (χ1n) is 6.04. The number of rotatable bonds is 2. The first-order chi connectivity index (χ1) is 9.11. The summed E-state index contributed by atoms with van der Waals surface area (Å²) in [5, 5.41) is 9.47. The molecule has 3 nitrogen and oxygen atoms in total. The van der Waals surface area contributed by atoms with Crippen molar-refractivity contribution in [2.75, 3.05) is 0 Å². The van der Waals surface area contributed by atoms with Gasteiger partial charge in [-0.25, -0.2) is 4.98 Å². The van der Waals surface area contributed by atoms with Crippen molar-refractivity contribution in [2.45, 2.75) is 13.3 Å². The lowest BCUT2D eigenvalue weighted by Crippen LogP contribution is -1.90. The molecule has 0 saturated carbocycles. The predicted octanol–water partition coefficient (Wildman–Crippen LogP) is 3.93. The van der Waals surface area contributed by atoms with Crippen LogP contribution in [0.1, 0.15) is 17.0 Å². The van der Waals surface area contributed by atoms with E-state index in [2.05, 4.69) is 32.0 Å². The van der Waals surface area contributed by atoms with E-state index in [0.29, 0.717) is 6.42 Å². The molecule has 4 heteroatoms. The van der Waals surface area contributed by atoms with Gasteiger partial charge in [-0.3, -0.25) is 0 Å². The van der Waals surface area contributed by atoms with Crippen molar-refractivity contribution in [3.8, 4) is 5.75 Å². The van der Waals surface area contributed by atoms with Crippen LogP contribution in [0, 0.1) is 6.92 Å². The van der Waals surface area contributed by atoms with E-state index < -0.39 is 0 Å². The highest BCUT2D eigenvalue weighted by Crippen LogP contribution is 2.23. The number of hydrogen-bond acceptors (Lipinski definition) is 2. The third-order valence-electron chi connectivity index (χ3n) is 3.07. The zero-order chi connectivity index (χ0) is 13.4. The summed E-state index contributed by atoms with van der Waals surface area (Å²) in [5.41, 5.74) is 4.21. The molecule has 3 rings (SSSR count). The van der Waals surface area contributed by atoms with Crippen molar-refractivity contribution in [1.82, 2.24) is 9.97 Å². The van der Waals surface area contributed by atoms with Crippen molar-refractivity contribution in [3.05, 3.63) is 57.8 Å². The highest BCUT2D eigenvalue weighted by Gasteiger charge is 2.07. The second-order valence-electron chi connectivity index (χ2n) is 4.65. The van der Waals surface area contributed by atoms with Crippen LogP contribution in [-0.2, 0) is 6.42 Å². The lowest BCUT2D eigenvalue weighted by molar-refractivity contribution is 0.474. The van der Waals surface area contributed by atoms with Gasteiger partial charge in [0.15, 0.2) is 0 Å². The van der Waals surface area contributed by atoms with Gasteiger partial charge < -0.3 is 10.1 Å². The van der Waals surface area contributed by atoms with Crippen LogP contribution in [0.2, 0.25) is 0 Å². The number of imidazole rings is 1. The number of aromatic hydroxyl groups is 1. The van der Waals surface area contributed by atoms with Crippen LogP contribution in [0.4, 0.5) is 0 Å². The highest BCUT2D eigenvalue weighted by atomic mass is 79.9. The van der Waals surface area contributed by atoms with Gasteiger partial charge >= 0.3 is 0 Å². The van der Waals surface area contributed by atoms with Gasteiger partial charge in [0.1, 0.15) is 11.6 Å². The van der Waals surface area contributed by atoms with Crippen LogP contribution < -0.4 is 0 Å². The first kappa shape index (κ1) is 12.2. The average molecular weight is 317 g/mol. The number of phenolic OH excluding ortho intramolecular Hbond substituents is 1. The molecular formula is C15H13BrN2O. The molecule has 0 bridgehead atoms. The molecule has 19 heavy (non-hydrogen) atoms. The number of aromatic amines is 1. The van der Waals surface area contributed by atoms with Crippen LogP contribution in [-0.4, -0.2) is 15.1 Å². The molecule has 0 aliphatic rings. The van der Waals surface area contributed by atoms with E-state index in [1.54, 1.807) is 12.1 Å². The van der Waals surface area contributed by atoms with E-state index in [0.717, 1.165) is 32.5 Å². The Morgan fingerprint density at radius 1 is 1.26 bits per heavy atom. The molecule has 0 fully saturated rings. The van der Waals surface area contributed by atoms with E-state index in [-0.39, 0.29) is 5.75 Å². The van der Waals surface area contributed by atoms with E-state index in [9.17, 15) is 5.11 Å². The fourth-order valence-corrected chi connectivity index (χ4v) is 2.81. The summed E-state index contributed by atoms with van der Waals surface area (Å²) in [6, 6.07) is 11.3. The Balaban J connectivity index is 2.00. The number of phenols is 1. The molecule has 0 amide bonds. The second kappa shape index (κ2) is 4.70. The summed E-state index contributed by atoms with van der Waals surface area (Å²) in [4.78, 5) is 7.94. The molecule has 2 aromatic carbocycles. The minimum atomic E-state index is 0.285. The number of fused-ring (bicyclic) bond motifs is 1. The van der Waals surface area contributed by atoms with Crippen molar-refractivity contribution in [2.24, 2.45) is 0 Å². The van der Waals surface area contributed by atoms with Gasteiger partial charge in [0.2, 0.25) is 0 Å². The Labute approximate surface area is 119 Å². The minimum Gasteiger partial charge on any atom is -0.508 e. The Kier molecular flexibility index (Phi) is 3.03. The normalized spacial score (nSPS) is 11.1. The molecule has 0 saturated heterocycles. The van der Waals surface area contributed by atoms with E-state index >= 15 is 0 Å². The molecule has 0 radical (unpaired) electrons. The maximum Gasteiger partial charge on any atom is 0.115 e. The number of nitrogens with one attached hydrogen (secondary N) is 1. The first-order valence-corrected chi connectivity index (χ1v) is 6.84.